The molecule has 0 saturated heterocycles. The zero-order valence-corrected chi connectivity index (χ0v) is 39.7. The number of ether oxygens (including phenoxy) is 2. The van der Waals surface area contributed by atoms with Crippen LogP contribution in [0.3, 0.4) is 0 Å². The van der Waals surface area contributed by atoms with Gasteiger partial charge in [-0.05, 0) is 44.9 Å². The third-order valence-electron chi connectivity index (χ3n) is 11.0. The maximum atomic E-state index is 12.7. The Labute approximate surface area is 368 Å². The fraction of sp³-hybridized carbons (Fsp3) is 0.878. The lowest BCUT2D eigenvalue weighted by Crippen LogP contribution is -2.34. The number of carboxylic acids is 1. The van der Waals surface area contributed by atoms with E-state index in [4.69, 9.17) is 29.4 Å². The summed E-state index contributed by atoms with van der Waals surface area (Å²) < 4.78 is 33.5. The fourth-order valence-electron chi connectivity index (χ4n) is 7.11. The van der Waals surface area contributed by atoms with Crippen molar-refractivity contribution in [1.29, 1.82) is 0 Å². The molecule has 0 radical (unpaired) electrons. The zero-order valence-electron chi connectivity index (χ0n) is 38.8. The summed E-state index contributed by atoms with van der Waals surface area (Å²) in [6.45, 7) is 3.89. The minimum atomic E-state index is -4.62. The van der Waals surface area contributed by atoms with E-state index >= 15 is 0 Å². The highest BCUT2D eigenvalue weighted by Gasteiger charge is 2.27. The number of aliphatic carboxylic acids is 1. The number of carboxylic acid groups (broad SMARTS) is 1. The molecule has 0 heterocycles. The van der Waals surface area contributed by atoms with Gasteiger partial charge >= 0.3 is 19.8 Å². The van der Waals surface area contributed by atoms with Gasteiger partial charge < -0.3 is 25.2 Å². The lowest BCUT2D eigenvalue weighted by Gasteiger charge is -2.20. The molecular formula is C49H94NO9P. The molecule has 354 valence electrons. The topological polar surface area (TPSA) is 155 Å². The van der Waals surface area contributed by atoms with E-state index in [0.29, 0.717) is 13.0 Å². The molecule has 0 aliphatic carbocycles. The van der Waals surface area contributed by atoms with Crippen molar-refractivity contribution in [2.24, 2.45) is 5.73 Å². The number of unbranched alkanes of at least 4 members (excludes halogenated alkanes) is 30. The molecular weight excluding hydrogens is 778 g/mol. The van der Waals surface area contributed by atoms with Crippen LogP contribution in [0.25, 0.3) is 0 Å². The maximum Gasteiger partial charge on any atom is 0.472 e. The monoisotopic (exact) mass is 872 g/mol. The van der Waals surface area contributed by atoms with Crippen molar-refractivity contribution in [2.75, 3.05) is 26.4 Å². The molecule has 0 aromatic carbocycles. The Morgan fingerprint density at radius 1 is 0.533 bits per heavy atom. The second kappa shape index (κ2) is 45.5. The van der Waals surface area contributed by atoms with Crippen molar-refractivity contribution in [3.8, 4) is 0 Å². The molecule has 4 N–H and O–H groups in total. The lowest BCUT2D eigenvalue weighted by atomic mass is 10.0. The van der Waals surface area contributed by atoms with Crippen molar-refractivity contribution >= 4 is 19.8 Å². The average molecular weight is 872 g/mol. The van der Waals surface area contributed by atoms with E-state index < -0.39 is 45.1 Å². The largest absolute Gasteiger partial charge is 0.480 e. The Hall–Kier alpha value is -1.55. The van der Waals surface area contributed by atoms with Crippen LogP contribution in [0.15, 0.2) is 24.3 Å². The van der Waals surface area contributed by atoms with E-state index in [1.807, 2.05) is 0 Å². The molecule has 0 bridgehead atoms. The number of hydrogen-bond acceptors (Lipinski definition) is 8. The van der Waals surface area contributed by atoms with Crippen molar-refractivity contribution in [3.63, 3.8) is 0 Å². The highest BCUT2D eigenvalue weighted by Crippen LogP contribution is 2.43. The van der Waals surface area contributed by atoms with E-state index in [-0.39, 0.29) is 13.0 Å². The van der Waals surface area contributed by atoms with Gasteiger partial charge in [0.25, 0.3) is 0 Å². The molecule has 3 atom stereocenters. The predicted molar refractivity (Wildman–Crippen MR) is 249 cm³/mol. The number of allylic oxidation sites excluding steroid dienone is 4. The van der Waals surface area contributed by atoms with Gasteiger partial charge in [0.15, 0.2) is 0 Å². The van der Waals surface area contributed by atoms with E-state index in [2.05, 4.69) is 38.2 Å². The molecule has 60 heavy (non-hydrogen) atoms. The molecule has 3 unspecified atom stereocenters. The summed E-state index contributed by atoms with van der Waals surface area (Å²) in [6, 6.07) is -1.47. The third-order valence-corrected chi connectivity index (χ3v) is 11.9. The van der Waals surface area contributed by atoms with Gasteiger partial charge in [0, 0.05) is 13.0 Å². The summed E-state index contributed by atoms with van der Waals surface area (Å²) in [4.78, 5) is 33.6. The Balaban J connectivity index is 4.14. The summed E-state index contributed by atoms with van der Waals surface area (Å²) >= 11 is 0. The number of rotatable bonds is 48. The van der Waals surface area contributed by atoms with Gasteiger partial charge in [-0.25, -0.2) is 4.57 Å². The van der Waals surface area contributed by atoms with Crippen LogP contribution in [0.2, 0.25) is 0 Å². The summed E-state index contributed by atoms with van der Waals surface area (Å²) in [6.07, 6.45) is 50.9. The van der Waals surface area contributed by atoms with E-state index in [1.54, 1.807) is 0 Å². The highest BCUT2D eigenvalue weighted by molar-refractivity contribution is 7.47. The zero-order chi connectivity index (χ0) is 44.0. The summed E-state index contributed by atoms with van der Waals surface area (Å²) in [5.74, 6) is -1.77. The lowest BCUT2D eigenvalue weighted by molar-refractivity contribution is -0.154. The van der Waals surface area contributed by atoms with Gasteiger partial charge in [-0.2, -0.15) is 0 Å². The molecule has 0 amide bonds. The van der Waals surface area contributed by atoms with Gasteiger partial charge in [0.05, 0.1) is 19.8 Å². The first-order chi connectivity index (χ1) is 29.2. The third kappa shape index (κ3) is 44.5. The van der Waals surface area contributed by atoms with Gasteiger partial charge in [0.1, 0.15) is 12.1 Å². The number of phosphoric ester groups is 1. The molecule has 0 aromatic heterocycles. The van der Waals surface area contributed by atoms with Crippen molar-refractivity contribution in [1.82, 2.24) is 0 Å². The van der Waals surface area contributed by atoms with Crippen molar-refractivity contribution < 1.29 is 42.7 Å². The number of hydrogen-bond donors (Lipinski definition) is 3. The standard InChI is InChI=1S/C49H94NO9P/c1-3-5-7-9-11-13-15-17-19-21-22-23-24-25-27-29-31-33-35-37-39-41-48(51)59-46(44-57-60(54,55)58-45-47(50)49(52)53)43-56-42-40-38-36-34-32-30-28-26-20-18-16-14-12-10-8-6-4-2/h14,16,20,26,46-47H,3-13,15,17-19,21-25,27-45,50H2,1-2H3,(H,52,53)(H,54,55)/b16-14-,26-20-. The maximum absolute atomic E-state index is 12.7. The first-order valence-corrected chi connectivity index (χ1v) is 26.4. The molecule has 0 saturated carbocycles. The Morgan fingerprint density at radius 3 is 1.37 bits per heavy atom. The Kier molecular flexibility index (Phi) is 44.3. The smallest absolute Gasteiger partial charge is 0.472 e. The molecule has 0 aromatic rings. The van der Waals surface area contributed by atoms with Crippen LogP contribution in [-0.4, -0.2) is 60.5 Å². The first-order valence-electron chi connectivity index (χ1n) is 24.9. The summed E-state index contributed by atoms with van der Waals surface area (Å²) in [7, 11) is -4.62. The molecule has 0 fully saturated rings. The van der Waals surface area contributed by atoms with Gasteiger partial charge in [-0.1, -0.05) is 212 Å². The average Bonchev–Trinajstić information content (AvgIpc) is 3.23. The van der Waals surface area contributed by atoms with Crippen LogP contribution in [0.4, 0.5) is 0 Å². The van der Waals surface area contributed by atoms with Crippen LogP contribution in [0.5, 0.6) is 0 Å². The minimum absolute atomic E-state index is 0.0140. The second-order valence-corrected chi connectivity index (χ2v) is 18.4. The number of nitrogens with two attached hydrogens (primary N) is 1. The Bertz CT molecular complexity index is 1060. The molecule has 0 aliphatic rings. The normalized spacial score (nSPS) is 13.9. The fourth-order valence-corrected chi connectivity index (χ4v) is 7.88. The van der Waals surface area contributed by atoms with E-state index in [0.717, 1.165) is 44.9 Å². The Morgan fingerprint density at radius 2 is 0.917 bits per heavy atom. The molecule has 0 rings (SSSR count). The molecule has 0 spiro atoms. The second-order valence-electron chi connectivity index (χ2n) is 17.0. The molecule has 0 aliphatic heterocycles. The van der Waals surface area contributed by atoms with Gasteiger partial charge in [0.2, 0.25) is 0 Å². The van der Waals surface area contributed by atoms with Gasteiger partial charge in [-0.3, -0.25) is 18.6 Å². The number of carbonyl (C=O) groups excluding carboxylic acids is 1. The van der Waals surface area contributed by atoms with E-state index in [9.17, 15) is 19.0 Å². The minimum Gasteiger partial charge on any atom is -0.480 e. The number of esters is 1. The number of carbonyl (C=O) groups is 2. The van der Waals surface area contributed by atoms with Crippen LogP contribution in [0.1, 0.15) is 239 Å². The number of phosphoric acid groups is 1. The van der Waals surface area contributed by atoms with Crippen LogP contribution in [0, 0.1) is 0 Å². The van der Waals surface area contributed by atoms with Crippen molar-refractivity contribution in [2.45, 2.75) is 251 Å². The SMILES string of the molecule is CCCCCC/C=C\C/C=C\CCCCCCCCOCC(COP(=O)(O)OCC(N)C(=O)O)OC(=O)CCCCCCCCCCCCCCCCCCCCCCC. The first kappa shape index (κ1) is 58.5. The molecule has 10 nitrogen and oxygen atoms in total. The van der Waals surface area contributed by atoms with Crippen LogP contribution in [-0.2, 0) is 32.7 Å². The predicted octanol–water partition coefficient (Wildman–Crippen LogP) is 14.3. The van der Waals surface area contributed by atoms with Crippen LogP contribution >= 0.6 is 7.82 Å². The summed E-state index contributed by atoms with van der Waals surface area (Å²) in [5, 5.41) is 8.92. The quantitative estimate of drug-likeness (QED) is 0.0233. The van der Waals surface area contributed by atoms with E-state index in [1.165, 1.54) is 167 Å². The van der Waals surface area contributed by atoms with Crippen LogP contribution < -0.4 is 5.73 Å². The van der Waals surface area contributed by atoms with Crippen molar-refractivity contribution in [3.05, 3.63) is 24.3 Å². The van der Waals surface area contributed by atoms with Gasteiger partial charge in [-0.15, -0.1) is 0 Å². The summed E-state index contributed by atoms with van der Waals surface area (Å²) in [5.41, 5.74) is 5.37. The molecule has 11 heteroatoms. The highest BCUT2D eigenvalue weighted by atomic mass is 31.2.